The van der Waals surface area contributed by atoms with Crippen LogP contribution in [0, 0.1) is 0 Å². The minimum atomic E-state index is 1.08. The highest BCUT2D eigenvalue weighted by atomic mass is 32.2. The Morgan fingerprint density at radius 2 is 0.574 bits per heavy atom. The lowest BCUT2D eigenvalue weighted by molar-refractivity contribution is 1.05. The molecule has 4 aromatic carbocycles. The van der Waals surface area contributed by atoms with Crippen molar-refractivity contribution in [3.63, 3.8) is 0 Å². The summed E-state index contributed by atoms with van der Waals surface area (Å²) in [5.41, 5.74) is 19.8. The Morgan fingerprint density at radius 1 is 0.278 bits per heavy atom. The molecule has 3 aliphatic carbocycles. The van der Waals surface area contributed by atoms with Crippen LogP contribution in [0.3, 0.4) is 0 Å². The van der Waals surface area contributed by atoms with Crippen molar-refractivity contribution in [1.82, 2.24) is 15.0 Å². The number of pyridine rings is 3. The minimum absolute atomic E-state index is 1.08. The van der Waals surface area contributed by atoms with Crippen molar-refractivity contribution in [3.8, 4) is 33.4 Å². The average molecular weight is 796 g/mol. The second-order valence-corrected chi connectivity index (χ2v) is 20.3. The molecule has 0 saturated heterocycles. The third-order valence-electron chi connectivity index (χ3n) is 10.6. The number of thioether (sulfide) groups is 6. The van der Waals surface area contributed by atoms with Crippen LogP contribution in [0.2, 0.25) is 0 Å². The van der Waals surface area contributed by atoms with Crippen LogP contribution in [0.25, 0.3) is 50.1 Å². The van der Waals surface area contributed by atoms with Gasteiger partial charge >= 0.3 is 0 Å². The van der Waals surface area contributed by atoms with Crippen LogP contribution in [0.5, 0.6) is 0 Å². The van der Waals surface area contributed by atoms with Crippen molar-refractivity contribution in [3.05, 3.63) is 174 Å². The second-order valence-electron chi connectivity index (χ2n) is 13.4. The molecule has 13 rings (SSSR count). The van der Waals surface area contributed by atoms with Crippen molar-refractivity contribution in [2.24, 2.45) is 0 Å². The van der Waals surface area contributed by atoms with Gasteiger partial charge in [0.1, 0.15) is 15.1 Å². The fourth-order valence-corrected chi connectivity index (χ4v) is 16.1. The average Bonchev–Trinajstić information content (AvgIpc) is 4.06. The largest absolute Gasteiger partial charge is 0.248 e. The number of nitrogens with zero attached hydrogens (tertiary/aromatic N) is 3. The molecular weight excluding hydrogens is 775 g/mol. The molecule has 54 heavy (non-hydrogen) atoms. The van der Waals surface area contributed by atoms with E-state index in [1.165, 1.54) is 111 Å². The summed E-state index contributed by atoms with van der Waals surface area (Å²) in [4.78, 5) is 18.1. The molecule has 0 unspecified atom stereocenters. The van der Waals surface area contributed by atoms with Crippen LogP contribution in [-0.4, -0.2) is 15.0 Å². The normalized spacial score (nSPS) is 20.2. The summed E-state index contributed by atoms with van der Waals surface area (Å²) >= 11 is 11.1. The predicted molar refractivity (Wildman–Crippen MR) is 229 cm³/mol. The zero-order valence-corrected chi connectivity index (χ0v) is 32.8. The van der Waals surface area contributed by atoms with Gasteiger partial charge in [0.2, 0.25) is 0 Å². The smallest absolute Gasteiger partial charge is 0.115 e. The van der Waals surface area contributed by atoms with Crippen LogP contribution in [-0.2, 0) is 0 Å². The number of fused-ring (bicyclic) bond motifs is 15. The standard InChI is InChI=1S/C45H21N3S6/c1-4-13-25-22(10-1)31-37(34(25)43-49-28-16-7-19-46-40(28)52-43)32-24-12-3-6-15-27(24)36(45-51-30-18-9-21-48-42(30)54-45)39(32)33-23-11-2-5-14-26(23)35(38(31)33)44-50-29-17-8-20-47-41(29)53-44/h1-21H/b43-34-,44-35-,45-36-. The van der Waals surface area contributed by atoms with Gasteiger partial charge < -0.3 is 0 Å². The molecule has 9 heteroatoms. The summed E-state index contributed by atoms with van der Waals surface area (Å²) in [5.74, 6) is 0. The van der Waals surface area contributed by atoms with E-state index in [4.69, 9.17) is 15.0 Å². The topological polar surface area (TPSA) is 38.7 Å². The number of benzene rings is 4. The quantitative estimate of drug-likeness (QED) is 0.149. The number of rotatable bonds is 0. The predicted octanol–water partition coefficient (Wildman–Crippen LogP) is 13.7. The van der Waals surface area contributed by atoms with E-state index in [-0.39, 0.29) is 0 Å². The molecule has 0 radical (unpaired) electrons. The van der Waals surface area contributed by atoms with E-state index in [0.29, 0.717) is 0 Å². The first-order valence-electron chi connectivity index (χ1n) is 17.5. The van der Waals surface area contributed by atoms with E-state index in [9.17, 15) is 0 Å². The molecule has 3 aliphatic heterocycles. The fourth-order valence-electron chi connectivity index (χ4n) is 8.63. The Bertz CT molecular complexity index is 2590. The first-order valence-corrected chi connectivity index (χ1v) is 22.4. The van der Waals surface area contributed by atoms with Crippen molar-refractivity contribution < 1.29 is 0 Å². The summed E-state index contributed by atoms with van der Waals surface area (Å²) < 4.78 is 3.88. The molecule has 0 N–H and O–H groups in total. The fraction of sp³-hybridized carbons (Fsp3) is 0. The first-order chi connectivity index (χ1) is 26.8. The van der Waals surface area contributed by atoms with Gasteiger partial charge in [-0.3, -0.25) is 0 Å². The van der Waals surface area contributed by atoms with E-state index in [1.54, 1.807) is 0 Å². The molecule has 0 amide bonds. The Morgan fingerprint density at radius 3 is 0.870 bits per heavy atom. The van der Waals surface area contributed by atoms with Gasteiger partial charge in [0, 0.05) is 66.7 Å². The van der Waals surface area contributed by atoms with Crippen molar-refractivity contribution in [2.75, 3.05) is 0 Å². The molecule has 3 nitrogen and oxygen atoms in total. The van der Waals surface area contributed by atoms with E-state index < -0.39 is 0 Å². The van der Waals surface area contributed by atoms with Gasteiger partial charge in [-0.25, -0.2) is 15.0 Å². The van der Waals surface area contributed by atoms with Crippen LogP contribution in [0.4, 0.5) is 0 Å². The summed E-state index contributed by atoms with van der Waals surface area (Å²) in [6, 6.07) is 40.1. The van der Waals surface area contributed by atoms with E-state index in [1.807, 2.05) is 89.2 Å². The van der Waals surface area contributed by atoms with Crippen molar-refractivity contribution >= 4 is 87.3 Å². The van der Waals surface area contributed by atoms with E-state index in [2.05, 4.69) is 109 Å². The van der Waals surface area contributed by atoms with E-state index >= 15 is 0 Å². The molecule has 0 atom stereocenters. The van der Waals surface area contributed by atoms with Crippen LogP contribution >= 0.6 is 70.6 Å². The summed E-state index contributed by atoms with van der Waals surface area (Å²) in [7, 11) is 0. The Hall–Kier alpha value is -4.35. The highest BCUT2D eigenvalue weighted by molar-refractivity contribution is 8.25. The maximum atomic E-state index is 4.82. The van der Waals surface area contributed by atoms with Gasteiger partial charge in [-0.05, 0) is 86.5 Å². The number of hydrogen-bond donors (Lipinski definition) is 0. The molecule has 252 valence electrons. The highest BCUT2D eigenvalue weighted by Crippen LogP contribution is 2.70. The van der Waals surface area contributed by atoms with Crippen LogP contribution in [0.15, 0.2) is 170 Å². The van der Waals surface area contributed by atoms with Crippen molar-refractivity contribution in [2.45, 2.75) is 29.8 Å². The molecule has 6 aliphatic rings. The zero-order chi connectivity index (χ0) is 35.1. The Balaban J connectivity index is 1.22. The summed E-state index contributed by atoms with van der Waals surface area (Å²) in [6.07, 6.45) is 5.75. The number of aromatic nitrogens is 3. The number of hydrogen-bond acceptors (Lipinski definition) is 9. The summed E-state index contributed by atoms with van der Waals surface area (Å²) in [6.45, 7) is 0. The summed E-state index contributed by atoms with van der Waals surface area (Å²) in [5, 5.41) is 3.25. The lowest BCUT2D eigenvalue weighted by Gasteiger charge is -2.20. The molecule has 0 bridgehead atoms. The van der Waals surface area contributed by atoms with Gasteiger partial charge in [0.25, 0.3) is 0 Å². The van der Waals surface area contributed by atoms with Gasteiger partial charge in [0.05, 0.1) is 12.7 Å². The lowest BCUT2D eigenvalue weighted by Crippen LogP contribution is -1.98. The third-order valence-corrected chi connectivity index (χ3v) is 18.1. The van der Waals surface area contributed by atoms with Gasteiger partial charge in [-0.2, -0.15) is 0 Å². The maximum absolute atomic E-state index is 4.82. The van der Waals surface area contributed by atoms with E-state index in [0.717, 1.165) is 15.1 Å². The first kappa shape index (κ1) is 30.9. The minimum Gasteiger partial charge on any atom is -0.248 e. The SMILES string of the molecule is c1cnc2c(c1)S/C(=C1\c3ccccc3-c3c1c1c(c4c3/C(=C3/Sc5cccnc5S3)c3ccccc3-4)/C(=C3/Sc4cccnc4S3)c3ccccc3-1)S2. The third kappa shape index (κ3) is 4.17. The van der Waals surface area contributed by atoms with Gasteiger partial charge in [0.15, 0.2) is 0 Å². The molecule has 6 heterocycles. The lowest BCUT2D eigenvalue weighted by atomic mass is 9.84. The molecule has 3 aromatic heterocycles. The highest BCUT2D eigenvalue weighted by Gasteiger charge is 2.46. The van der Waals surface area contributed by atoms with Crippen LogP contribution < -0.4 is 0 Å². The Kier molecular flexibility index (Phi) is 6.63. The van der Waals surface area contributed by atoms with Crippen molar-refractivity contribution in [1.29, 1.82) is 0 Å². The van der Waals surface area contributed by atoms with Gasteiger partial charge in [-0.15, -0.1) is 0 Å². The second kappa shape index (κ2) is 11.6. The maximum Gasteiger partial charge on any atom is 0.115 e. The molecular formula is C45H21N3S6. The molecule has 0 saturated carbocycles. The van der Waals surface area contributed by atoms with Gasteiger partial charge in [-0.1, -0.05) is 143 Å². The molecule has 0 spiro atoms. The monoisotopic (exact) mass is 795 g/mol. The molecule has 7 aromatic rings. The zero-order valence-electron chi connectivity index (χ0n) is 27.9. The van der Waals surface area contributed by atoms with Crippen LogP contribution in [0.1, 0.15) is 33.4 Å². The Labute approximate surface area is 336 Å². The molecule has 0 fully saturated rings.